The van der Waals surface area contributed by atoms with Crippen molar-refractivity contribution in [3.63, 3.8) is 0 Å². The zero-order valence-corrected chi connectivity index (χ0v) is 17.1. The van der Waals surface area contributed by atoms with Crippen molar-refractivity contribution in [3.05, 3.63) is 77.5 Å². The summed E-state index contributed by atoms with van der Waals surface area (Å²) in [6.45, 7) is 3.75. The van der Waals surface area contributed by atoms with Crippen LogP contribution >= 0.6 is 0 Å². The van der Waals surface area contributed by atoms with Gasteiger partial charge in [-0.15, -0.1) is 0 Å². The van der Waals surface area contributed by atoms with E-state index >= 15 is 0 Å². The van der Waals surface area contributed by atoms with Crippen LogP contribution in [0, 0.1) is 12.7 Å². The number of carbonyl (C=O) groups is 2. The van der Waals surface area contributed by atoms with E-state index in [0.717, 1.165) is 5.56 Å². The van der Waals surface area contributed by atoms with E-state index in [-0.39, 0.29) is 17.5 Å². The van der Waals surface area contributed by atoms with E-state index in [1.165, 1.54) is 11.1 Å². The Morgan fingerprint density at radius 1 is 1.13 bits per heavy atom. The zero-order valence-electron chi connectivity index (χ0n) is 17.1. The Morgan fingerprint density at radius 2 is 1.93 bits per heavy atom. The van der Waals surface area contributed by atoms with Gasteiger partial charge in [0.25, 0.3) is 5.91 Å². The summed E-state index contributed by atoms with van der Waals surface area (Å²) in [5, 5.41) is 2.81. The highest BCUT2D eigenvalue weighted by Gasteiger charge is 2.18. The van der Waals surface area contributed by atoms with E-state index in [1.807, 2.05) is 6.07 Å². The number of amides is 2. The number of hydrogen-bond donors (Lipinski definition) is 1. The maximum absolute atomic E-state index is 14.9. The second-order valence-electron chi connectivity index (χ2n) is 6.85. The Labute approximate surface area is 174 Å². The number of anilines is 1. The monoisotopic (exact) mass is 406 g/mol. The van der Waals surface area contributed by atoms with Crippen LogP contribution in [0.2, 0.25) is 0 Å². The fourth-order valence-electron chi connectivity index (χ4n) is 3.05. The van der Waals surface area contributed by atoms with Gasteiger partial charge in [-0.05, 0) is 42.3 Å². The molecule has 0 aliphatic heterocycles. The normalized spacial score (nSPS) is 10.5. The quantitative estimate of drug-likeness (QED) is 0.674. The van der Waals surface area contributed by atoms with Crippen molar-refractivity contribution >= 4 is 17.5 Å². The van der Waals surface area contributed by atoms with Gasteiger partial charge in [0.1, 0.15) is 5.82 Å². The molecular formula is C23H23FN4O2. The molecule has 0 spiro atoms. The Kier molecular flexibility index (Phi) is 6.51. The van der Waals surface area contributed by atoms with E-state index in [9.17, 15) is 14.0 Å². The van der Waals surface area contributed by atoms with Crippen LogP contribution in [0.25, 0.3) is 11.3 Å². The Morgan fingerprint density at radius 3 is 2.57 bits per heavy atom. The fraction of sp³-hybridized carbons (Fsp3) is 0.217. The van der Waals surface area contributed by atoms with Crippen LogP contribution in [0.4, 0.5) is 10.1 Å². The molecule has 0 fully saturated rings. The second-order valence-corrected chi connectivity index (χ2v) is 6.85. The number of carbonyl (C=O) groups excluding carboxylic acids is 2. The zero-order chi connectivity index (χ0) is 21.7. The molecule has 1 aromatic carbocycles. The highest BCUT2D eigenvalue weighted by molar-refractivity contribution is 5.94. The summed E-state index contributed by atoms with van der Waals surface area (Å²) >= 11 is 0. The van der Waals surface area contributed by atoms with Crippen molar-refractivity contribution in [2.75, 3.05) is 11.9 Å². The molecule has 2 aromatic heterocycles. The Balaban J connectivity index is 1.76. The van der Waals surface area contributed by atoms with E-state index < -0.39 is 5.82 Å². The molecule has 0 aliphatic rings. The number of halogens is 1. The van der Waals surface area contributed by atoms with E-state index in [2.05, 4.69) is 15.3 Å². The van der Waals surface area contributed by atoms with Crippen LogP contribution in [0.3, 0.4) is 0 Å². The molecule has 0 saturated heterocycles. The van der Waals surface area contributed by atoms with Crippen LogP contribution in [0.1, 0.15) is 34.8 Å². The predicted octanol–water partition coefficient (Wildman–Crippen LogP) is 3.89. The maximum atomic E-state index is 14.9. The summed E-state index contributed by atoms with van der Waals surface area (Å²) < 4.78 is 14.9. The van der Waals surface area contributed by atoms with E-state index in [1.54, 1.807) is 63.6 Å². The molecule has 2 amide bonds. The number of rotatable bonds is 6. The summed E-state index contributed by atoms with van der Waals surface area (Å²) in [5.41, 5.74) is 3.08. The molecule has 0 radical (unpaired) electrons. The van der Waals surface area contributed by atoms with Gasteiger partial charge in [0, 0.05) is 44.2 Å². The number of benzene rings is 1. The Hall–Kier alpha value is -3.61. The van der Waals surface area contributed by atoms with Crippen LogP contribution < -0.4 is 10.2 Å². The minimum atomic E-state index is -0.461. The predicted molar refractivity (Wildman–Crippen MR) is 113 cm³/mol. The summed E-state index contributed by atoms with van der Waals surface area (Å²) in [6.07, 6.45) is 5.12. The van der Waals surface area contributed by atoms with Gasteiger partial charge in [0.15, 0.2) is 0 Å². The third-order valence-corrected chi connectivity index (χ3v) is 4.88. The lowest BCUT2D eigenvalue weighted by Gasteiger charge is -2.19. The number of nitrogens with one attached hydrogen (secondary N) is 1. The summed E-state index contributed by atoms with van der Waals surface area (Å²) in [4.78, 5) is 33.9. The van der Waals surface area contributed by atoms with E-state index in [4.69, 9.17) is 0 Å². The molecule has 2 heterocycles. The van der Waals surface area contributed by atoms with Crippen LogP contribution in [-0.4, -0.2) is 28.8 Å². The van der Waals surface area contributed by atoms with Gasteiger partial charge in [0.05, 0.1) is 16.9 Å². The number of nitrogens with zero attached hydrogens (tertiary/aromatic N) is 3. The van der Waals surface area contributed by atoms with Crippen molar-refractivity contribution in [3.8, 4) is 11.3 Å². The average molecular weight is 406 g/mol. The average Bonchev–Trinajstić information content (AvgIpc) is 2.79. The van der Waals surface area contributed by atoms with E-state index in [0.29, 0.717) is 35.3 Å². The van der Waals surface area contributed by atoms with Crippen LogP contribution in [-0.2, 0) is 11.3 Å². The molecule has 0 unspecified atom stereocenters. The largest absolute Gasteiger partial charge is 0.348 e. The first-order chi connectivity index (χ1) is 14.4. The SMILES string of the molecule is CCC(=O)N(C)c1ccc(-c2ccc(C(=O)NCc3cccnc3)cn2)c(C)c1F. The smallest absolute Gasteiger partial charge is 0.253 e. The molecule has 0 saturated carbocycles. The van der Waals surface area contributed by atoms with Crippen molar-refractivity contribution in [2.24, 2.45) is 0 Å². The third kappa shape index (κ3) is 4.51. The van der Waals surface area contributed by atoms with Gasteiger partial charge in [-0.25, -0.2) is 4.39 Å². The summed E-state index contributed by atoms with van der Waals surface area (Å²) in [7, 11) is 1.56. The molecule has 3 rings (SSSR count). The van der Waals surface area contributed by atoms with Gasteiger partial charge in [-0.1, -0.05) is 19.1 Å². The molecule has 3 aromatic rings. The molecular weight excluding hydrogens is 383 g/mol. The third-order valence-electron chi connectivity index (χ3n) is 4.88. The van der Waals surface area contributed by atoms with Crippen molar-refractivity contribution in [2.45, 2.75) is 26.8 Å². The standard InChI is InChI=1S/C23H23FN4O2/c1-4-21(29)28(3)20-10-8-18(15(2)22(20)24)19-9-7-17(14-26-19)23(30)27-13-16-6-5-11-25-12-16/h5-12,14H,4,13H2,1-3H3,(H,27,30). The summed E-state index contributed by atoms with van der Waals surface area (Å²) in [6, 6.07) is 10.3. The van der Waals surface area contributed by atoms with Crippen LogP contribution in [0.15, 0.2) is 55.0 Å². The first-order valence-corrected chi connectivity index (χ1v) is 9.61. The number of aromatic nitrogens is 2. The molecule has 0 bridgehead atoms. The summed E-state index contributed by atoms with van der Waals surface area (Å²) in [5.74, 6) is -0.881. The lowest BCUT2D eigenvalue weighted by molar-refractivity contribution is -0.118. The molecule has 0 atom stereocenters. The van der Waals surface area contributed by atoms with Crippen molar-refractivity contribution in [1.82, 2.24) is 15.3 Å². The molecule has 6 nitrogen and oxygen atoms in total. The van der Waals surface area contributed by atoms with Gasteiger partial charge in [0.2, 0.25) is 5.91 Å². The lowest BCUT2D eigenvalue weighted by Crippen LogP contribution is -2.26. The highest BCUT2D eigenvalue weighted by Crippen LogP contribution is 2.30. The van der Waals surface area contributed by atoms with Gasteiger partial charge >= 0.3 is 0 Å². The fourth-order valence-corrected chi connectivity index (χ4v) is 3.05. The highest BCUT2D eigenvalue weighted by atomic mass is 19.1. The van der Waals surface area contributed by atoms with Crippen molar-refractivity contribution in [1.29, 1.82) is 0 Å². The Bertz CT molecular complexity index is 1050. The molecule has 7 heteroatoms. The van der Waals surface area contributed by atoms with Crippen LogP contribution in [0.5, 0.6) is 0 Å². The van der Waals surface area contributed by atoms with Gasteiger partial charge in [-0.2, -0.15) is 0 Å². The van der Waals surface area contributed by atoms with Crippen molar-refractivity contribution < 1.29 is 14.0 Å². The first-order valence-electron chi connectivity index (χ1n) is 9.61. The number of pyridine rings is 2. The minimum absolute atomic E-state index is 0.166. The number of hydrogen-bond acceptors (Lipinski definition) is 4. The molecule has 30 heavy (non-hydrogen) atoms. The lowest BCUT2D eigenvalue weighted by atomic mass is 10.0. The molecule has 154 valence electrons. The first kappa shape index (κ1) is 21.1. The van der Waals surface area contributed by atoms with Gasteiger partial charge in [-0.3, -0.25) is 19.6 Å². The molecule has 1 N–H and O–H groups in total. The van der Waals surface area contributed by atoms with Gasteiger partial charge < -0.3 is 10.2 Å². The second kappa shape index (κ2) is 9.26. The minimum Gasteiger partial charge on any atom is -0.348 e. The molecule has 0 aliphatic carbocycles. The topological polar surface area (TPSA) is 75.2 Å². The maximum Gasteiger partial charge on any atom is 0.253 e.